The molecule has 20 heavy (non-hydrogen) atoms. The maximum absolute atomic E-state index is 12.2. The van der Waals surface area contributed by atoms with Gasteiger partial charge in [0.25, 0.3) is 0 Å². The van der Waals surface area contributed by atoms with Crippen LogP contribution in [-0.2, 0) is 11.3 Å². The number of nitrogens with zero attached hydrogens (tertiary/aromatic N) is 2. The molecule has 0 atom stereocenters. The summed E-state index contributed by atoms with van der Waals surface area (Å²) in [5.41, 5.74) is 1.11. The number of amides is 1. The lowest BCUT2D eigenvalue weighted by molar-refractivity contribution is -0.132. The second-order valence-electron chi connectivity index (χ2n) is 5.35. The molecule has 1 fully saturated rings. The molecule has 1 aliphatic heterocycles. The summed E-state index contributed by atoms with van der Waals surface area (Å²) >= 11 is 3.50. The maximum atomic E-state index is 12.2. The molecule has 1 heterocycles. The van der Waals surface area contributed by atoms with Gasteiger partial charge < -0.3 is 10.0 Å². The number of likely N-dealkylation sites (tertiary alicyclic amines) is 1. The van der Waals surface area contributed by atoms with Gasteiger partial charge in [-0.3, -0.25) is 9.69 Å². The fourth-order valence-corrected chi connectivity index (χ4v) is 2.77. The first-order valence-electron chi connectivity index (χ1n) is 6.94. The van der Waals surface area contributed by atoms with E-state index in [2.05, 4.69) is 20.8 Å². The van der Waals surface area contributed by atoms with E-state index in [1.54, 1.807) is 4.90 Å². The lowest BCUT2D eigenvalue weighted by Gasteiger charge is -2.30. The van der Waals surface area contributed by atoms with E-state index in [9.17, 15) is 9.90 Å². The van der Waals surface area contributed by atoms with Crippen LogP contribution in [0.15, 0.2) is 28.7 Å². The molecule has 4 nitrogen and oxygen atoms in total. The first-order valence-corrected chi connectivity index (χ1v) is 7.73. The number of aliphatic hydroxyl groups is 1. The third-order valence-electron chi connectivity index (χ3n) is 3.71. The minimum Gasteiger partial charge on any atom is -0.393 e. The Balaban J connectivity index is 1.84. The van der Waals surface area contributed by atoms with Crippen molar-refractivity contribution in [2.45, 2.75) is 25.5 Å². The molecular formula is C15H21BrN2O2. The molecule has 1 amide bonds. The monoisotopic (exact) mass is 340 g/mol. The number of aliphatic hydroxyl groups excluding tert-OH is 1. The van der Waals surface area contributed by atoms with E-state index in [1.807, 2.05) is 31.3 Å². The number of carbonyl (C=O) groups excluding carboxylic acids is 1. The maximum Gasteiger partial charge on any atom is 0.236 e. The Hall–Kier alpha value is -0.910. The molecule has 1 saturated heterocycles. The Morgan fingerprint density at radius 1 is 1.40 bits per heavy atom. The molecule has 0 bridgehead atoms. The van der Waals surface area contributed by atoms with Crippen molar-refractivity contribution in [3.05, 3.63) is 34.3 Å². The van der Waals surface area contributed by atoms with Gasteiger partial charge in [-0.2, -0.15) is 0 Å². The minimum atomic E-state index is -0.195. The van der Waals surface area contributed by atoms with Crippen molar-refractivity contribution in [1.82, 2.24) is 9.80 Å². The largest absolute Gasteiger partial charge is 0.393 e. The number of benzene rings is 1. The fourth-order valence-electron chi connectivity index (χ4n) is 2.36. The summed E-state index contributed by atoms with van der Waals surface area (Å²) in [6, 6.07) is 7.95. The highest BCUT2D eigenvalue weighted by Crippen LogP contribution is 2.17. The predicted molar refractivity (Wildman–Crippen MR) is 82.3 cm³/mol. The topological polar surface area (TPSA) is 43.8 Å². The standard InChI is InChI=1S/C15H21BrN2O2/c1-17(10-12-4-2-3-5-14(12)16)15(20)11-18-8-6-13(19)7-9-18/h2-5,13,19H,6-11H2,1H3. The molecule has 0 aromatic heterocycles. The van der Waals surface area contributed by atoms with Crippen LogP contribution in [0.5, 0.6) is 0 Å². The zero-order valence-electron chi connectivity index (χ0n) is 11.8. The van der Waals surface area contributed by atoms with Crippen LogP contribution >= 0.6 is 15.9 Å². The predicted octanol–water partition coefficient (Wildman–Crippen LogP) is 1.86. The summed E-state index contributed by atoms with van der Waals surface area (Å²) in [6.45, 7) is 2.65. The lowest BCUT2D eigenvalue weighted by atomic mass is 10.1. The smallest absolute Gasteiger partial charge is 0.236 e. The van der Waals surface area contributed by atoms with Crippen LogP contribution < -0.4 is 0 Å². The van der Waals surface area contributed by atoms with Crippen molar-refractivity contribution >= 4 is 21.8 Å². The van der Waals surface area contributed by atoms with Gasteiger partial charge in [0.2, 0.25) is 5.91 Å². The van der Waals surface area contributed by atoms with Crippen LogP contribution in [-0.4, -0.2) is 53.6 Å². The molecule has 0 radical (unpaired) electrons. The average molecular weight is 341 g/mol. The Bertz CT molecular complexity index is 459. The zero-order valence-corrected chi connectivity index (χ0v) is 13.3. The van der Waals surface area contributed by atoms with Crippen molar-refractivity contribution in [2.75, 3.05) is 26.7 Å². The van der Waals surface area contributed by atoms with Crippen LogP contribution in [0.3, 0.4) is 0 Å². The second kappa shape index (κ2) is 7.20. The normalized spacial score (nSPS) is 17.1. The van der Waals surface area contributed by atoms with Crippen molar-refractivity contribution in [1.29, 1.82) is 0 Å². The number of piperidine rings is 1. The van der Waals surface area contributed by atoms with E-state index in [1.165, 1.54) is 0 Å². The molecule has 0 saturated carbocycles. The first kappa shape index (κ1) is 15.5. The lowest BCUT2D eigenvalue weighted by Crippen LogP contribution is -2.43. The highest BCUT2D eigenvalue weighted by atomic mass is 79.9. The Kier molecular flexibility index (Phi) is 5.57. The van der Waals surface area contributed by atoms with Crippen LogP contribution in [0.1, 0.15) is 18.4 Å². The molecule has 0 spiro atoms. The van der Waals surface area contributed by atoms with E-state index in [0.29, 0.717) is 13.1 Å². The molecule has 5 heteroatoms. The van der Waals surface area contributed by atoms with Crippen molar-refractivity contribution in [3.8, 4) is 0 Å². The van der Waals surface area contributed by atoms with Gasteiger partial charge in [-0.25, -0.2) is 0 Å². The molecule has 0 aliphatic carbocycles. The van der Waals surface area contributed by atoms with Crippen LogP contribution in [0, 0.1) is 0 Å². The van der Waals surface area contributed by atoms with E-state index in [-0.39, 0.29) is 12.0 Å². The molecule has 110 valence electrons. The van der Waals surface area contributed by atoms with Crippen molar-refractivity contribution in [3.63, 3.8) is 0 Å². The van der Waals surface area contributed by atoms with E-state index < -0.39 is 0 Å². The quantitative estimate of drug-likeness (QED) is 0.909. The number of likely N-dealkylation sites (N-methyl/N-ethyl adjacent to an activating group) is 1. The van der Waals surface area contributed by atoms with Crippen LogP contribution in [0.4, 0.5) is 0 Å². The van der Waals surface area contributed by atoms with Gasteiger partial charge in [0.05, 0.1) is 12.6 Å². The highest BCUT2D eigenvalue weighted by molar-refractivity contribution is 9.10. The van der Waals surface area contributed by atoms with Crippen molar-refractivity contribution < 1.29 is 9.90 Å². The number of rotatable bonds is 4. The molecule has 1 aromatic rings. The summed E-state index contributed by atoms with van der Waals surface area (Å²) in [6.07, 6.45) is 1.34. The fraction of sp³-hybridized carbons (Fsp3) is 0.533. The Morgan fingerprint density at radius 3 is 2.70 bits per heavy atom. The average Bonchev–Trinajstić information content (AvgIpc) is 2.44. The highest BCUT2D eigenvalue weighted by Gasteiger charge is 2.20. The number of halogens is 1. The molecule has 1 N–H and O–H groups in total. The molecule has 1 aromatic carbocycles. The first-order chi connectivity index (χ1) is 9.56. The van der Waals surface area contributed by atoms with Gasteiger partial charge in [-0.05, 0) is 24.5 Å². The van der Waals surface area contributed by atoms with Gasteiger partial charge in [-0.15, -0.1) is 0 Å². The van der Waals surface area contributed by atoms with Crippen molar-refractivity contribution in [2.24, 2.45) is 0 Å². The minimum absolute atomic E-state index is 0.122. The third-order valence-corrected chi connectivity index (χ3v) is 4.48. The zero-order chi connectivity index (χ0) is 14.5. The van der Waals surface area contributed by atoms with Gasteiger partial charge in [-0.1, -0.05) is 34.1 Å². The SMILES string of the molecule is CN(Cc1ccccc1Br)C(=O)CN1CCC(O)CC1. The van der Waals surface area contributed by atoms with Gasteiger partial charge in [0.1, 0.15) is 0 Å². The summed E-state index contributed by atoms with van der Waals surface area (Å²) in [5, 5.41) is 9.47. The second-order valence-corrected chi connectivity index (χ2v) is 6.20. The summed E-state index contributed by atoms with van der Waals surface area (Å²) in [4.78, 5) is 16.1. The van der Waals surface area contributed by atoms with E-state index >= 15 is 0 Å². The van der Waals surface area contributed by atoms with Gasteiger partial charge in [0.15, 0.2) is 0 Å². The summed E-state index contributed by atoms with van der Waals surface area (Å²) in [5.74, 6) is 0.122. The Labute approximate surface area is 128 Å². The van der Waals surface area contributed by atoms with Crippen LogP contribution in [0.2, 0.25) is 0 Å². The third kappa shape index (κ3) is 4.30. The molecule has 0 unspecified atom stereocenters. The van der Waals surface area contributed by atoms with E-state index in [0.717, 1.165) is 36.0 Å². The number of hydrogen-bond donors (Lipinski definition) is 1. The van der Waals surface area contributed by atoms with Crippen LogP contribution in [0.25, 0.3) is 0 Å². The molecular weight excluding hydrogens is 320 g/mol. The summed E-state index contributed by atoms with van der Waals surface area (Å²) in [7, 11) is 1.83. The number of carbonyl (C=O) groups is 1. The number of hydrogen-bond acceptors (Lipinski definition) is 3. The van der Waals surface area contributed by atoms with Gasteiger partial charge in [0, 0.05) is 31.2 Å². The molecule has 2 rings (SSSR count). The summed E-state index contributed by atoms with van der Waals surface area (Å²) < 4.78 is 1.03. The Morgan fingerprint density at radius 2 is 2.05 bits per heavy atom. The van der Waals surface area contributed by atoms with Gasteiger partial charge >= 0.3 is 0 Å². The molecule has 1 aliphatic rings. The van der Waals surface area contributed by atoms with E-state index in [4.69, 9.17) is 0 Å².